The van der Waals surface area contributed by atoms with Gasteiger partial charge in [-0.1, -0.05) is 0 Å². The van der Waals surface area contributed by atoms with Crippen LogP contribution in [0.3, 0.4) is 0 Å². The molecule has 1 aromatic rings. The highest BCUT2D eigenvalue weighted by Gasteiger charge is 1.99. The van der Waals surface area contributed by atoms with Crippen LogP contribution >= 0.6 is 0 Å². The van der Waals surface area contributed by atoms with E-state index in [9.17, 15) is 9.00 Å². The molecule has 1 rings (SSSR count). The highest BCUT2D eigenvalue weighted by atomic mass is 32.2. The lowest BCUT2D eigenvalue weighted by molar-refractivity contribution is -0.114. The van der Waals surface area contributed by atoms with E-state index >= 15 is 0 Å². The fourth-order valence-electron chi connectivity index (χ4n) is 0.627. The molecule has 0 aliphatic rings. The van der Waals surface area contributed by atoms with Crippen LogP contribution in [0, 0.1) is 0 Å². The van der Waals surface area contributed by atoms with Gasteiger partial charge in [-0.05, 0) is 24.2 Å². The van der Waals surface area contributed by atoms with E-state index in [1.807, 2.05) is 0 Å². The van der Waals surface area contributed by atoms with Crippen molar-refractivity contribution in [3.05, 3.63) is 24.2 Å². The van der Waals surface area contributed by atoms with Gasteiger partial charge in [0.25, 0.3) is 0 Å². The highest BCUT2D eigenvalue weighted by Crippen LogP contribution is 2.11. The SMILES string of the molecule is [2H]c1c([2H])c(S(=O)O)c([2H])c([2H])c1NC(C)=O. The van der Waals surface area contributed by atoms with Crippen molar-refractivity contribution in [3.8, 4) is 0 Å². The molecule has 0 spiro atoms. The van der Waals surface area contributed by atoms with E-state index in [-0.39, 0.29) is 5.69 Å². The third-order valence-electron chi connectivity index (χ3n) is 1.08. The van der Waals surface area contributed by atoms with Crippen molar-refractivity contribution in [2.45, 2.75) is 11.8 Å². The Balaban J connectivity index is 3.58. The Morgan fingerprint density at radius 3 is 2.46 bits per heavy atom. The van der Waals surface area contributed by atoms with E-state index in [4.69, 9.17) is 10.0 Å². The minimum atomic E-state index is -2.62. The molecule has 1 atom stereocenters. The molecule has 0 saturated heterocycles. The van der Waals surface area contributed by atoms with E-state index < -0.39 is 46.1 Å². The first-order valence-corrected chi connectivity index (χ1v) is 4.36. The van der Waals surface area contributed by atoms with Gasteiger partial charge in [0.1, 0.15) is 0 Å². The Morgan fingerprint density at radius 1 is 1.54 bits per heavy atom. The number of amides is 1. The number of carbonyl (C=O) groups is 1. The summed E-state index contributed by atoms with van der Waals surface area (Å²) in [6, 6.07) is -2.40. The van der Waals surface area contributed by atoms with Gasteiger partial charge in [-0.25, -0.2) is 4.21 Å². The maximum atomic E-state index is 10.9. The van der Waals surface area contributed by atoms with Gasteiger partial charge in [0, 0.05) is 12.6 Å². The Kier molecular flexibility index (Phi) is 1.76. The zero-order valence-electron chi connectivity index (χ0n) is 10.7. The molecule has 0 heterocycles. The van der Waals surface area contributed by atoms with Gasteiger partial charge in [-0.3, -0.25) is 4.79 Å². The number of hydrogen-bond donors (Lipinski definition) is 2. The van der Waals surface area contributed by atoms with Crippen LogP contribution in [0.4, 0.5) is 5.69 Å². The quantitative estimate of drug-likeness (QED) is 0.710. The van der Waals surface area contributed by atoms with Crippen LogP contribution in [-0.4, -0.2) is 14.7 Å². The maximum absolute atomic E-state index is 10.9. The molecule has 0 aromatic heterocycles. The Morgan fingerprint density at radius 2 is 2.08 bits per heavy atom. The van der Waals surface area contributed by atoms with Gasteiger partial charge >= 0.3 is 0 Å². The van der Waals surface area contributed by atoms with Crippen LogP contribution < -0.4 is 5.32 Å². The number of rotatable bonds is 2. The second-order valence-corrected chi connectivity index (χ2v) is 3.04. The highest BCUT2D eigenvalue weighted by molar-refractivity contribution is 7.79. The predicted molar refractivity (Wildman–Crippen MR) is 49.8 cm³/mol. The Bertz CT molecular complexity index is 491. The molecule has 0 aliphatic carbocycles. The van der Waals surface area contributed by atoms with Crippen LogP contribution in [0.2, 0.25) is 0 Å². The molecule has 5 heteroatoms. The molecule has 0 aliphatic heterocycles. The minimum absolute atomic E-state index is 0.304. The molecular weight excluding hydrogens is 190 g/mol. The first-order valence-electron chi connectivity index (χ1n) is 5.26. The summed E-state index contributed by atoms with van der Waals surface area (Å²) in [5.74, 6) is -0.552. The van der Waals surface area contributed by atoms with Crippen molar-refractivity contribution in [2.75, 3.05) is 5.32 Å². The molecule has 0 saturated carbocycles. The summed E-state index contributed by atoms with van der Waals surface area (Å²) in [5.41, 5.74) is -0.304. The minimum Gasteiger partial charge on any atom is -0.326 e. The van der Waals surface area contributed by atoms with Crippen molar-refractivity contribution >= 4 is 22.7 Å². The largest absolute Gasteiger partial charge is 0.326 e. The maximum Gasteiger partial charge on any atom is 0.221 e. The summed E-state index contributed by atoms with van der Waals surface area (Å²) < 4.78 is 49.7. The lowest BCUT2D eigenvalue weighted by atomic mass is 10.3. The average Bonchev–Trinajstić information content (AvgIpc) is 2.21. The topological polar surface area (TPSA) is 66.4 Å². The number of benzene rings is 1. The van der Waals surface area contributed by atoms with Crippen molar-refractivity contribution in [2.24, 2.45) is 0 Å². The molecule has 1 amide bonds. The molecule has 70 valence electrons. The van der Waals surface area contributed by atoms with E-state index in [0.717, 1.165) is 6.92 Å². The molecule has 13 heavy (non-hydrogen) atoms. The first kappa shape index (κ1) is 5.51. The molecular formula is C8H9NO3S. The summed E-state index contributed by atoms with van der Waals surface area (Å²) in [7, 11) is 0. The molecule has 0 radical (unpaired) electrons. The summed E-state index contributed by atoms with van der Waals surface area (Å²) in [6.07, 6.45) is 0. The predicted octanol–water partition coefficient (Wildman–Crippen LogP) is 1.23. The van der Waals surface area contributed by atoms with Crippen molar-refractivity contribution in [3.63, 3.8) is 0 Å². The number of hydrogen-bond acceptors (Lipinski definition) is 2. The summed E-state index contributed by atoms with van der Waals surface area (Å²) in [4.78, 5) is 10.2. The summed E-state index contributed by atoms with van der Waals surface area (Å²) in [5, 5.41) is 2.15. The number of anilines is 1. The van der Waals surface area contributed by atoms with Gasteiger partial charge in [0.05, 0.1) is 10.4 Å². The zero-order chi connectivity index (χ0) is 13.3. The van der Waals surface area contributed by atoms with Crippen LogP contribution in [0.1, 0.15) is 12.4 Å². The molecule has 2 N–H and O–H groups in total. The normalized spacial score (nSPS) is 16.5. The van der Waals surface area contributed by atoms with Gasteiger partial charge in [-0.2, -0.15) is 0 Å². The van der Waals surface area contributed by atoms with Crippen molar-refractivity contribution < 1.29 is 19.0 Å². The smallest absolute Gasteiger partial charge is 0.221 e. The van der Waals surface area contributed by atoms with E-state index in [0.29, 0.717) is 0 Å². The number of carbonyl (C=O) groups excluding carboxylic acids is 1. The fraction of sp³-hybridized carbons (Fsp3) is 0.125. The third-order valence-corrected chi connectivity index (χ3v) is 1.63. The zero-order valence-corrected chi connectivity index (χ0v) is 7.49. The second kappa shape index (κ2) is 4.15. The Hall–Kier alpha value is -1.20. The standard InChI is InChI=1S/C8H9NO3S/c1-6(10)9-7-2-4-8(5-3-7)13(11)12/h2-5H,1H3,(H,9,10)(H,11,12)/i2D,3D,4D,5D. The third kappa shape index (κ3) is 2.96. The van der Waals surface area contributed by atoms with E-state index in [1.165, 1.54) is 0 Å². The van der Waals surface area contributed by atoms with Gasteiger partial charge in [0.15, 0.2) is 11.1 Å². The van der Waals surface area contributed by atoms with Crippen molar-refractivity contribution in [1.29, 1.82) is 0 Å². The summed E-state index contributed by atoms with van der Waals surface area (Å²) >= 11 is -2.62. The van der Waals surface area contributed by atoms with Crippen LogP contribution in [0.5, 0.6) is 0 Å². The number of nitrogens with one attached hydrogen (secondary N) is 1. The lowest BCUT2D eigenvalue weighted by Crippen LogP contribution is -2.05. The van der Waals surface area contributed by atoms with Crippen molar-refractivity contribution in [1.82, 2.24) is 0 Å². The fourth-order valence-corrected chi connectivity index (χ4v) is 0.904. The molecule has 0 fully saturated rings. The Labute approximate surface area is 83.9 Å². The van der Waals surface area contributed by atoms with Crippen LogP contribution in [0.25, 0.3) is 0 Å². The van der Waals surface area contributed by atoms with Gasteiger partial charge < -0.3 is 9.87 Å². The first-order chi connectivity index (χ1) is 7.77. The van der Waals surface area contributed by atoms with Crippen LogP contribution in [0.15, 0.2) is 29.1 Å². The summed E-state index contributed by atoms with van der Waals surface area (Å²) in [6.45, 7) is 1.16. The van der Waals surface area contributed by atoms with Gasteiger partial charge in [-0.15, -0.1) is 0 Å². The van der Waals surface area contributed by atoms with Crippen LogP contribution in [-0.2, 0) is 15.9 Å². The van der Waals surface area contributed by atoms with E-state index in [2.05, 4.69) is 5.32 Å². The molecule has 4 nitrogen and oxygen atoms in total. The monoisotopic (exact) mass is 203 g/mol. The van der Waals surface area contributed by atoms with E-state index in [1.54, 1.807) is 0 Å². The second-order valence-electron chi connectivity index (χ2n) is 2.13. The lowest BCUT2D eigenvalue weighted by Gasteiger charge is -2.01. The average molecular weight is 203 g/mol. The molecule has 1 unspecified atom stereocenters. The molecule has 0 bridgehead atoms. The van der Waals surface area contributed by atoms with Gasteiger partial charge in [0.2, 0.25) is 5.91 Å². The molecule has 1 aromatic carbocycles.